The van der Waals surface area contributed by atoms with Crippen LogP contribution < -0.4 is 9.80 Å². The maximum absolute atomic E-state index is 5.12. The highest BCUT2D eigenvalue weighted by molar-refractivity contribution is 6.00. The molecule has 2 fully saturated rings. The third-order valence-electron chi connectivity index (χ3n) is 5.55. The molecule has 1 aromatic carbocycles. The fourth-order valence-corrected chi connectivity index (χ4v) is 4.17. The molecule has 2 saturated heterocycles. The summed E-state index contributed by atoms with van der Waals surface area (Å²) >= 11 is 0. The van der Waals surface area contributed by atoms with E-state index in [1.54, 1.807) is 12.4 Å². The zero-order chi connectivity index (χ0) is 17.3. The second-order valence-corrected chi connectivity index (χ2v) is 7.32. The molecule has 6 heteroatoms. The Hall–Kier alpha value is -2.50. The van der Waals surface area contributed by atoms with Crippen molar-refractivity contribution >= 4 is 33.7 Å². The van der Waals surface area contributed by atoms with Gasteiger partial charge in [-0.2, -0.15) is 0 Å². The molecule has 0 aliphatic carbocycles. The van der Waals surface area contributed by atoms with Crippen LogP contribution in [0.25, 0.3) is 22.1 Å². The number of aromatic nitrogens is 4. The van der Waals surface area contributed by atoms with E-state index in [0.717, 1.165) is 59.9 Å². The van der Waals surface area contributed by atoms with Crippen molar-refractivity contribution in [2.45, 2.75) is 38.5 Å². The van der Waals surface area contributed by atoms with Crippen LogP contribution in [0.5, 0.6) is 0 Å². The summed E-state index contributed by atoms with van der Waals surface area (Å²) in [5, 5.41) is 0. The SMILES string of the molecule is c1cnc2c(ccc3nc(N4CCCCC4)c(N4CCCCC4)nc32)n1. The van der Waals surface area contributed by atoms with Gasteiger partial charge in [0.15, 0.2) is 11.6 Å². The van der Waals surface area contributed by atoms with Gasteiger partial charge in [0.1, 0.15) is 11.0 Å². The smallest absolute Gasteiger partial charge is 0.172 e. The van der Waals surface area contributed by atoms with Gasteiger partial charge in [-0.15, -0.1) is 0 Å². The Kier molecular flexibility index (Phi) is 4.03. The molecule has 0 atom stereocenters. The van der Waals surface area contributed by atoms with Gasteiger partial charge in [0, 0.05) is 38.6 Å². The molecule has 2 aromatic heterocycles. The van der Waals surface area contributed by atoms with Crippen LogP contribution in [-0.2, 0) is 0 Å². The van der Waals surface area contributed by atoms with E-state index in [2.05, 4.69) is 19.8 Å². The minimum Gasteiger partial charge on any atom is -0.354 e. The Balaban J connectivity index is 1.71. The second kappa shape index (κ2) is 6.67. The van der Waals surface area contributed by atoms with Gasteiger partial charge in [-0.25, -0.2) is 9.97 Å². The molecule has 3 aromatic rings. The van der Waals surface area contributed by atoms with Crippen LogP contribution in [-0.4, -0.2) is 46.1 Å². The Morgan fingerprint density at radius 1 is 0.577 bits per heavy atom. The van der Waals surface area contributed by atoms with E-state index in [0.29, 0.717) is 0 Å². The van der Waals surface area contributed by atoms with Crippen molar-refractivity contribution in [2.75, 3.05) is 36.0 Å². The fraction of sp³-hybridized carbons (Fsp3) is 0.500. The molecule has 0 spiro atoms. The lowest BCUT2D eigenvalue weighted by Crippen LogP contribution is -2.36. The van der Waals surface area contributed by atoms with Crippen LogP contribution in [0.4, 0.5) is 11.6 Å². The zero-order valence-electron chi connectivity index (χ0n) is 15.1. The summed E-state index contributed by atoms with van der Waals surface area (Å²) in [6.07, 6.45) is 11.0. The number of benzene rings is 1. The van der Waals surface area contributed by atoms with Crippen LogP contribution in [0.2, 0.25) is 0 Å². The van der Waals surface area contributed by atoms with E-state index in [1.165, 1.54) is 38.5 Å². The lowest BCUT2D eigenvalue weighted by atomic mass is 10.1. The van der Waals surface area contributed by atoms with E-state index in [9.17, 15) is 0 Å². The predicted octanol–water partition coefficient (Wildman–Crippen LogP) is 3.55. The molecule has 0 unspecified atom stereocenters. The van der Waals surface area contributed by atoms with Crippen LogP contribution >= 0.6 is 0 Å². The first kappa shape index (κ1) is 15.7. The van der Waals surface area contributed by atoms with Crippen LogP contribution in [0, 0.1) is 0 Å². The van der Waals surface area contributed by atoms with Gasteiger partial charge >= 0.3 is 0 Å². The molecule has 4 heterocycles. The average molecular weight is 348 g/mol. The van der Waals surface area contributed by atoms with E-state index < -0.39 is 0 Å². The Labute approximate surface area is 153 Å². The fourth-order valence-electron chi connectivity index (χ4n) is 4.17. The normalized spacial score (nSPS) is 18.6. The highest BCUT2D eigenvalue weighted by Gasteiger charge is 2.24. The highest BCUT2D eigenvalue weighted by Crippen LogP contribution is 2.33. The van der Waals surface area contributed by atoms with Crippen molar-refractivity contribution in [1.29, 1.82) is 0 Å². The number of hydrogen-bond donors (Lipinski definition) is 0. The number of piperidine rings is 2. The lowest BCUT2D eigenvalue weighted by molar-refractivity contribution is 0.559. The Morgan fingerprint density at radius 2 is 1.15 bits per heavy atom. The Morgan fingerprint density at radius 3 is 1.85 bits per heavy atom. The van der Waals surface area contributed by atoms with Crippen LogP contribution in [0.15, 0.2) is 24.5 Å². The van der Waals surface area contributed by atoms with Gasteiger partial charge in [0.25, 0.3) is 0 Å². The number of anilines is 2. The van der Waals surface area contributed by atoms with Crippen molar-refractivity contribution in [1.82, 2.24) is 19.9 Å². The lowest BCUT2D eigenvalue weighted by Gasteiger charge is -2.34. The Bertz CT molecular complexity index is 928. The van der Waals surface area contributed by atoms with E-state index in [1.807, 2.05) is 12.1 Å². The van der Waals surface area contributed by atoms with Crippen molar-refractivity contribution < 1.29 is 0 Å². The highest BCUT2D eigenvalue weighted by atomic mass is 15.3. The molecule has 2 aliphatic rings. The summed E-state index contributed by atoms with van der Waals surface area (Å²) in [6, 6.07) is 4.03. The molecule has 0 amide bonds. The van der Waals surface area contributed by atoms with Gasteiger partial charge in [-0.1, -0.05) is 0 Å². The van der Waals surface area contributed by atoms with Gasteiger partial charge in [-0.05, 0) is 50.7 Å². The van der Waals surface area contributed by atoms with Crippen molar-refractivity contribution in [2.24, 2.45) is 0 Å². The van der Waals surface area contributed by atoms with Crippen LogP contribution in [0.3, 0.4) is 0 Å². The largest absolute Gasteiger partial charge is 0.354 e. The minimum absolute atomic E-state index is 0.848. The molecular weight excluding hydrogens is 324 g/mol. The maximum atomic E-state index is 5.12. The summed E-state index contributed by atoms with van der Waals surface area (Å²) in [6.45, 7) is 4.29. The van der Waals surface area contributed by atoms with Crippen LogP contribution in [0.1, 0.15) is 38.5 Å². The first-order chi connectivity index (χ1) is 12.9. The summed E-state index contributed by atoms with van der Waals surface area (Å²) in [4.78, 5) is 24.0. The number of rotatable bonds is 2. The standard InChI is InChI=1S/C20H24N6/c1-3-11-25(12-4-1)19-20(26-13-5-2-6-14-26)24-18-16(23-19)8-7-15-17(18)22-10-9-21-15/h7-10H,1-6,11-14H2. The van der Waals surface area contributed by atoms with E-state index >= 15 is 0 Å². The molecule has 0 saturated carbocycles. The summed E-state index contributed by atoms with van der Waals surface area (Å²) in [7, 11) is 0. The van der Waals surface area contributed by atoms with Gasteiger partial charge < -0.3 is 9.80 Å². The topological polar surface area (TPSA) is 58.0 Å². The number of hydrogen-bond acceptors (Lipinski definition) is 6. The number of nitrogens with zero attached hydrogens (tertiary/aromatic N) is 6. The zero-order valence-corrected chi connectivity index (χ0v) is 15.1. The molecule has 0 radical (unpaired) electrons. The molecule has 0 N–H and O–H groups in total. The molecular formula is C20H24N6. The van der Waals surface area contributed by atoms with E-state index in [-0.39, 0.29) is 0 Å². The first-order valence-electron chi connectivity index (χ1n) is 9.81. The van der Waals surface area contributed by atoms with Gasteiger partial charge in [0.05, 0.1) is 11.0 Å². The maximum Gasteiger partial charge on any atom is 0.172 e. The monoisotopic (exact) mass is 348 g/mol. The first-order valence-corrected chi connectivity index (χ1v) is 9.81. The van der Waals surface area contributed by atoms with Crippen molar-refractivity contribution in [3.8, 4) is 0 Å². The third-order valence-corrected chi connectivity index (χ3v) is 5.55. The van der Waals surface area contributed by atoms with Crippen molar-refractivity contribution in [3.63, 3.8) is 0 Å². The molecule has 26 heavy (non-hydrogen) atoms. The molecule has 134 valence electrons. The predicted molar refractivity (Wildman–Crippen MR) is 105 cm³/mol. The summed E-state index contributed by atoms with van der Waals surface area (Å²) in [5.41, 5.74) is 3.52. The van der Waals surface area contributed by atoms with E-state index in [4.69, 9.17) is 9.97 Å². The van der Waals surface area contributed by atoms with Crippen molar-refractivity contribution in [3.05, 3.63) is 24.5 Å². The minimum atomic E-state index is 0.848. The van der Waals surface area contributed by atoms with Gasteiger partial charge in [0.2, 0.25) is 0 Å². The molecule has 0 bridgehead atoms. The quantitative estimate of drug-likeness (QED) is 0.660. The number of fused-ring (bicyclic) bond motifs is 3. The molecule has 2 aliphatic heterocycles. The van der Waals surface area contributed by atoms with Gasteiger partial charge in [-0.3, -0.25) is 9.97 Å². The molecule has 5 rings (SSSR count). The molecule has 6 nitrogen and oxygen atoms in total. The average Bonchev–Trinajstić information content (AvgIpc) is 2.74. The third kappa shape index (κ3) is 2.73. The second-order valence-electron chi connectivity index (χ2n) is 7.32. The summed E-state index contributed by atoms with van der Waals surface area (Å²) in [5.74, 6) is 2.10. The summed E-state index contributed by atoms with van der Waals surface area (Å²) < 4.78 is 0.